The van der Waals surface area contributed by atoms with Gasteiger partial charge in [0.2, 0.25) is 0 Å². The largest absolute Gasteiger partial charge is 0.494 e. The van der Waals surface area contributed by atoms with Gasteiger partial charge < -0.3 is 14.6 Å². The van der Waals surface area contributed by atoms with E-state index in [9.17, 15) is 4.79 Å². The van der Waals surface area contributed by atoms with Gasteiger partial charge in [-0.25, -0.2) is 4.79 Å². The third-order valence-corrected chi connectivity index (χ3v) is 2.33. The van der Waals surface area contributed by atoms with E-state index in [1.165, 1.54) is 7.11 Å². The van der Waals surface area contributed by atoms with E-state index in [2.05, 4.69) is 4.74 Å². The topological polar surface area (TPSA) is 55.8 Å². The number of hydrogen-bond acceptors (Lipinski definition) is 4. The molecule has 0 spiro atoms. The molecule has 0 amide bonds. The lowest BCUT2D eigenvalue weighted by Gasteiger charge is -2.07. The molecule has 0 heterocycles. The smallest absolute Gasteiger partial charge is 0.337 e. The molecule has 1 rings (SSSR count). The molecule has 1 N–H and O–H groups in total. The average molecular weight is 238 g/mol. The Hall–Kier alpha value is -1.55. The quantitative estimate of drug-likeness (QED) is 0.583. The predicted octanol–water partition coefficient (Wildman–Crippen LogP) is 2.01. The van der Waals surface area contributed by atoms with Crippen LogP contribution in [0.1, 0.15) is 29.6 Å². The number of carbonyl (C=O) groups is 1. The molecular formula is C13H18O4. The number of hydrogen-bond donors (Lipinski definition) is 1. The summed E-state index contributed by atoms with van der Waals surface area (Å²) >= 11 is 0. The average Bonchev–Trinajstić information content (AvgIpc) is 2.38. The van der Waals surface area contributed by atoms with E-state index in [1.807, 2.05) is 0 Å². The van der Waals surface area contributed by atoms with Crippen LogP contribution in [0.2, 0.25) is 0 Å². The van der Waals surface area contributed by atoms with Crippen molar-refractivity contribution in [2.75, 3.05) is 20.3 Å². The Bertz CT molecular complexity index is 349. The monoisotopic (exact) mass is 238 g/mol. The maximum atomic E-state index is 11.3. The molecule has 0 saturated heterocycles. The molecule has 0 aliphatic rings. The molecule has 0 aliphatic heterocycles. The first-order chi connectivity index (χ1) is 8.27. The molecule has 0 aliphatic carbocycles. The fourth-order valence-corrected chi connectivity index (χ4v) is 1.41. The van der Waals surface area contributed by atoms with Crippen molar-refractivity contribution < 1.29 is 19.4 Å². The maximum Gasteiger partial charge on any atom is 0.337 e. The minimum atomic E-state index is -0.365. The molecule has 0 fully saturated rings. The molecule has 4 heteroatoms. The molecule has 0 bridgehead atoms. The predicted molar refractivity (Wildman–Crippen MR) is 64.2 cm³/mol. The molecule has 4 nitrogen and oxygen atoms in total. The highest BCUT2D eigenvalue weighted by atomic mass is 16.5. The van der Waals surface area contributed by atoms with Crippen LogP contribution in [0.4, 0.5) is 0 Å². The van der Waals surface area contributed by atoms with Crippen molar-refractivity contribution in [3.63, 3.8) is 0 Å². The molecule has 17 heavy (non-hydrogen) atoms. The summed E-state index contributed by atoms with van der Waals surface area (Å²) in [5, 5.41) is 8.62. The molecule has 0 radical (unpaired) electrons. The van der Waals surface area contributed by atoms with E-state index >= 15 is 0 Å². The number of carbonyl (C=O) groups excluding carboxylic acids is 1. The lowest BCUT2D eigenvalue weighted by Crippen LogP contribution is -2.02. The van der Waals surface area contributed by atoms with Gasteiger partial charge in [0, 0.05) is 6.61 Å². The van der Waals surface area contributed by atoms with Crippen LogP contribution in [0, 0.1) is 0 Å². The number of aliphatic hydroxyl groups is 1. The van der Waals surface area contributed by atoms with E-state index in [0.29, 0.717) is 17.9 Å². The van der Waals surface area contributed by atoms with Crippen LogP contribution in [0.3, 0.4) is 0 Å². The second-order valence-corrected chi connectivity index (χ2v) is 3.65. The van der Waals surface area contributed by atoms with Gasteiger partial charge in [-0.05, 0) is 37.5 Å². The van der Waals surface area contributed by atoms with E-state index in [1.54, 1.807) is 24.3 Å². The second kappa shape index (κ2) is 7.68. The Labute approximate surface area is 101 Å². The normalized spacial score (nSPS) is 10.0. The van der Waals surface area contributed by atoms with Gasteiger partial charge in [-0.2, -0.15) is 0 Å². The molecule has 1 aromatic carbocycles. The fourth-order valence-electron chi connectivity index (χ4n) is 1.41. The van der Waals surface area contributed by atoms with Crippen molar-refractivity contribution in [3.05, 3.63) is 29.8 Å². The van der Waals surface area contributed by atoms with Gasteiger partial charge in [0.25, 0.3) is 0 Å². The van der Waals surface area contributed by atoms with Crippen molar-refractivity contribution in [1.82, 2.24) is 0 Å². The summed E-state index contributed by atoms with van der Waals surface area (Å²) in [6, 6.07) is 6.91. The molecule has 0 saturated carbocycles. The third kappa shape index (κ3) is 4.87. The first-order valence-corrected chi connectivity index (χ1v) is 5.70. The Morgan fingerprint density at radius 2 is 2.12 bits per heavy atom. The third-order valence-electron chi connectivity index (χ3n) is 2.33. The van der Waals surface area contributed by atoms with Gasteiger partial charge in [-0.15, -0.1) is 0 Å². The molecular weight excluding hydrogens is 220 g/mol. The standard InChI is InChI=1S/C13H18O4/c1-16-13(15)11-6-5-7-12(10-11)17-9-4-2-3-8-14/h5-7,10,14H,2-4,8-9H2,1H3. The van der Waals surface area contributed by atoms with Crippen LogP contribution < -0.4 is 4.74 Å². The number of esters is 1. The highest BCUT2D eigenvalue weighted by Gasteiger charge is 2.05. The number of aliphatic hydroxyl groups excluding tert-OH is 1. The first-order valence-electron chi connectivity index (χ1n) is 5.70. The zero-order chi connectivity index (χ0) is 12.5. The van der Waals surface area contributed by atoms with Crippen molar-refractivity contribution in [2.24, 2.45) is 0 Å². The number of ether oxygens (including phenoxy) is 2. The van der Waals surface area contributed by atoms with E-state index < -0.39 is 0 Å². The summed E-state index contributed by atoms with van der Waals surface area (Å²) in [7, 11) is 1.35. The number of benzene rings is 1. The van der Waals surface area contributed by atoms with Crippen molar-refractivity contribution >= 4 is 5.97 Å². The van der Waals surface area contributed by atoms with Gasteiger partial charge in [0.1, 0.15) is 5.75 Å². The Morgan fingerprint density at radius 3 is 2.82 bits per heavy atom. The first kappa shape index (κ1) is 13.5. The molecule has 0 atom stereocenters. The number of methoxy groups -OCH3 is 1. The Balaban J connectivity index is 2.40. The number of unbranched alkanes of at least 4 members (excludes halogenated alkanes) is 2. The highest BCUT2D eigenvalue weighted by molar-refractivity contribution is 5.89. The Morgan fingerprint density at radius 1 is 1.29 bits per heavy atom. The second-order valence-electron chi connectivity index (χ2n) is 3.65. The van der Waals surface area contributed by atoms with Crippen molar-refractivity contribution in [1.29, 1.82) is 0 Å². The summed E-state index contributed by atoms with van der Waals surface area (Å²) in [6.45, 7) is 0.808. The van der Waals surface area contributed by atoms with E-state index in [0.717, 1.165) is 19.3 Å². The van der Waals surface area contributed by atoms with Crippen LogP contribution in [0.25, 0.3) is 0 Å². The Kier molecular flexibility index (Phi) is 6.10. The fraction of sp³-hybridized carbons (Fsp3) is 0.462. The zero-order valence-electron chi connectivity index (χ0n) is 10.0. The van der Waals surface area contributed by atoms with Crippen LogP contribution in [-0.4, -0.2) is 31.4 Å². The summed E-state index contributed by atoms with van der Waals surface area (Å²) in [4.78, 5) is 11.3. The van der Waals surface area contributed by atoms with E-state index in [4.69, 9.17) is 9.84 Å². The maximum absolute atomic E-state index is 11.3. The minimum Gasteiger partial charge on any atom is -0.494 e. The van der Waals surface area contributed by atoms with Crippen LogP contribution in [0.5, 0.6) is 5.75 Å². The van der Waals surface area contributed by atoms with Gasteiger partial charge >= 0.3 is 5.97 Å². The van der Waals surface area contributed by atoms with Crippen molar-refractivity contribution in [3.8, 4) is 5.75 Å². The van der Waals surface area contributed by atoms with E-state index in [-0.39, 0.29) is 12.6 Å². The van der Waals surface area contributed by atoms with Gasteiger partial charge in [-0.3, -0.25) is 0 Å². The zero-order valence-corrected chi connectivity index (χ0v) is 10.0. The van der Waals surface area contributed by atoms with Crippen LogP contribution in [0.15, 0.2) is 24.3 Å². The lowest BCUT2D eigenvalue weighted by atomic mass is 10.2. The molecule has 0 aromatic heterocycles. The van der Waals surface area contributed by atoms with Gasteiger partial charge in [-0.1, -0.05) is 6.07 Å². The van der Waals surface area contributed by atoms with Crippen molar-refractivity contribution in [2.45, 2.75) is 19.3 Å². The minimum absolute atomic E-state index is 0.220. The van der Waals surface area contributed by atoms with Gasteiger partial charge in [0.15, 0.2) is 0 Å². The molecule has 0 unspecified atom stereocenters. The highest BCUT2D eigenvalue weighted by Crippen LogP contribution is 2.14. The lowest BCUT2D eigenvalue weighted by molar-refractivity contribution is 0.0600. The van der Waals surface area contributed by atoms with Gasteiger partial charge in [0.05, 0.1) is 19.3 Å². The summed E-state index contributed by atoms with van der Waals surface area (Å²) in [5.41, 5.74) is 0.486. The SMILES string of the molecule is COC(=O)c1cccc(OCCCCCO)c1. The van der Waals surface area contributed by atoms with Crippen LogP contribution in [-0.2, 0) is 4.74 Å². The summed E-state index contributed by atoms with van der Waals surface area (Å²) in [6.07, 6.45) is 2.63. The molecule has 94 valence electrons. The summed E-state index contributed by atoms with van der Waals surface area (Å²) in [5.74, 6) is 0.299. The summed E-state index contributed by atoms with van der Waals surface area (Å²) < 4.78 is 10.1. The number of rotatable bonds is 7. The van der Waals surface area contributed by atoms with Crippen LogP contribution >= 0.6 is 0 Å². The molecule has 1 aromatic rings.